The van der Waals surface area contributed by atoms with Crippen LogP contribution in [0.15, 0.2) is 0 Å². The molecule has 2 saturated heterocycles. The van der Waals surface area contributed by atoms with E-state index in [4.69, 9.17) is 4.74 Å². The van der Waals surface area contributed by atoms with Crippen LogP contribution in [-0.4, -0.2) is 65.7 Å². The van der Waals surface area contributed by atoms with Gasteiger partial charge in [-0.1, -0.05) is 0 Å². The van der Waals surface area contributed by atoms with Gasteiger partial charge in [-0.05, 0) is 20.8 Å². The number of nitrogens with zero attached hydrogens (tertiary/aromatic N) is 2. The van der Waals surface area contributed by atoms with E-state index in [1.165, 1.54) is 0 Å². The van der Waals surface area contributed by atoms with Crippen molar-refractivity contribution in [2.24, 2.45) is 5.92 Å². The molecule has 2 aliphatic rings. The second-order valence-corrected chi connectivity index (χ2v) is 6.68. The average Bonchev–Trinajstić information content (AvgIpc) is 2.92. The molecule has 23 heavy (non-hydrogen) atoms. The van der Waals surface area contributed by atoms with Crippen molar-refractivity contribution >= 4 is 18.1 Å². The standard InChI is InChI=1S/C14H20F2N2O5/c1-13(2,3)23-11(20)17-7-9(14(15,16)8-17)6-10(19)18-4-5-22-12(18)21/h9H,4-8H2,1-3H3. The Morgan fingerprint density at radius 3 is 2.57 bits per heavy atom. The van der Waals surface area contributed by atoms with Gasteiger partial charge in [-0.2, -0.15) is 0 Å². The largest absolute Gasteiger partial charge is 0.447 e. The first kappa shape index (κ1) is 17.4. The maximum absolute atomic E-state index is 14.1. The summed E-state index contributed by atoms with van der Waals surface area (Å²) in [6.07, 6.45) is -2.19. The number of carbonyl (C=O) groups excluding carboxylic acids is 3. The van der Waals surface area contributed by atoms with E-state index in [2.05, 4.69) is 4.74 Å². The number of hydrogen-bond donors (Lipinski definition) is 0. The number of rotatable bonds is 2. The number of cyclic esters (lactones) is 1. The van der Waals surface area contributed by atoms with Crippen LogP contribution in [0.5, 0.6) is 0 Å². The van der Waals surface area contributed by atoms with Crippen LogP contribution in [-0.2, 0) is 14.3 Å². The molecule has 3 amide bonds. The molecule has 130 valence electrons. The van der Waals surface area contributed by atoms with Crippen molar-refractivity contribution in [3.8, 4) is 0 Å². The third-order valence-electron chi connectivity index (χ3n) is 3.57. The molecular formula is C14H20F2N2O5. The molecule has 0 bridgehead atoms. The molecule has 0 radical (unpaired) electrons. The van der Waals surface area contributed by atoms with Gasteiger partial charge < -0.3 is 14.4 Å². The number of ether oxygens (including phenoxy) is 2. The summed E-state index contributed by atoms with van der Waals surface area (Å²) in [7, 11) is 0. The second-order valence-electron chi connectivity index (χ2n) is 6.68. The molecule has 0 aromatic heterocycles. The van der Waals surface area contributed by atoms with E-state index in [1.807, 2.05) is 0 Å². The minimum Gasteiger partial charge on any atom is -0.447 e. The van der Waals surface area contributed by atoms with E-state index in [-0.39, 0.29) is 19.7 Å². The number of halogens is 2. The lowest BCUT2D eigenvalue weighted by atomic mass is 10.0. The van der Waals surface area contributed by atoms with Gasteiger partial charge in [0.1, 0.15) is 12.2 Å². The molecule has 0 aromatic carbocycles. The van der Waals surface area contributed by atoms with Gasteiger partial charge in [-0.15, -0.1) is 0 Å². The number of imide groups is 1. The Hall–Kier alpha value is -1.93. The Morgan fingerprint density at radius 1 is 1.39 bits per heavy atom. The highest BCUT2D eigenvalue weighted by Gasteiger charge is 2.51. The summed E-state index contributed by atoms with van der Waals surface area (Å²) in [4.78, 5) is 36.8. The Morgan fingerprint density at radius 2 is 2.04 bits per heavy atom. The zero-order valence-electron chi connectivity index (χ0n) is 13.3. The summed E-state index contributed by atoms with van der Waals surface area (Å²) in [5.74, 6) is -5.28. The van der Waals surface area contributed by atoms with Gasteiger partial charge in [0.05, 0.1) is 19.0 Å². The van der Waals surface area contributed by atoms with Crippen molar-refractivity contribution in [2.75, 3.05) is 26.2 Å². The van der Waals surface area contributed by atoms with Gasteiger partial charge in [-0.25, -0.2) is 23.3 Å². The van der Waals surface area contributed by atoms with Gasteiger partial charge in [-0.3, -0.25) is 4.79 Å². The summed E-state index contributed by atoms with van der Waals surface area (Å²) in [6.45, 7) is 3.94. The third kappa shape index (κ3) is 4.08. The molecule has 0 aliphatic carbocycles. The predicted octanol–water partition coefficient (Wildman–Crippen LogP) is 1.86. The number of carbonyl (C=O) groups is 3. The van der Waals surface area contributed by atoms with Crippen molar-refractivity contribution in [3.63, 3.8) is 0 Å². The van der Waals surface area contributed by atoms with E-state index >= 15 is 0 Å². The molecule has 7 nitrogen and oxygen atoms in total. The van der Waals surface area contributed by atoms with Gasteiger partial charge in [0.2, 0.25) is 5.91 Å². The molecule has 9 heteroatoms. The zero-order chi connectivity index (χ0) is 17.4. The molecule has 2 aliphatic heterocycles. The third-order valence-corrected chi connectivity index (χ3v) is 3.57. The van der Waals surface area contributed by atoms with Gasteiger partial charge in [0.25, 0.3) is 5.92 Å². The van der Waals surface area contributed by atoms with Crippen LogP contribution in [0.1, 0.15) is 27.2 Å². The van der Waals surface area contributed by atoms with Gasteiger partial charge in [0, 0.05) is 13.0 Å². The summed E-state index contributed by atoms with van der Waals surface area (Å²) < 4.78 is 37.8. The van der Waals surface area contributed by atoms with Crippen molar-refractivity contribution in [2.45, 2.75) is 38.7 Å². The van der Waals surface area contributed by atoms with Crippen molar-refractivity contribution < 1.29 is 32.6 Å². The number of amides is 3. The van der Waals surface area contributed by atoms with Gasteiger partial charge in [0.15, 0.2) is 0 Å². The van der Waals surface area contributed by atoms with Crippen LogP contribution >= 0.6 is 0 Å². The fourth-order valence-electron chi connectivity index (χ4n) is 2.47. The molecule has 2 fully saturated rings. The quantitative estimate of drug-likeness (QED) is 0.770. The summed E-state index contributed by atoms with van der Waals surface area (Å²) >= 11 is 0. The lowest BCUT2D eigenvalue weighted by Crippen LogP contribution is -2.36. The average molecular weight is 334 g/mol. The second kappa shape index (κ2) is 5.93. The van der Waals surface area contributed by atoms with Gasteiger partial charge >= 0.3 is 12.2 Å². The molecule has 0 aromatic rings. The number of alkyl halides is 2. The lowest BCUT2D eigenvalue weighted by Gasteiger charge is -2.24. The molecule has 0 saturated carbocycles. The Balaban J connectivity index is 1.98. The maximum Gasteiger partial charge on any atom is 0.416 e. The van der Waals surface area contributed by atoms with Crippen LogP contribution in [0.4, 0.5) is 18.4 Å². The highest BCUT2D eigenvalue weighted by molar-refractivity contribution is 5.93. The van der Waals surface area contributed by atoms with Crippen LogP contribution in [0, 0.1) is 5.92 Å². The minimum absolute atomic E-state index is 0.0612. The number of likely N-dealkylation sites (tertiary alicyclic amines) is 1. The monoisotopic (exact) mass is 334 g/mol. The van der Waals surface area contributed by atoms with E-state index in [0.29, 0.717) is 0 Å². The first-order valence-electron chi connectivity index (χ1n) is 7.32. The van der Waals surface area contributed by atoms with Crippen molar-refractivity contribution in [1.29, 1.82) is 0 Å². The highest BCUT2D eigenvalue weighted by atomic mass is 19.3. The molecular weight excluding hydrogens is 314 g/mol. The first-order chi connectivity index (χ1) is 10.5. The maximum atomic E-state index is 14.1. The normalized spacial score (nSPS) is 23.9. The number of hydrogen-bond acceptors (Lipinski definition) is 5. The van der Waals surface area contributed by atoms with E-state index < -0.39 is 48.5 Å². The van der Waals surface area contributed by atoms with E-state index in [9.17, 15) is 23.2 Å². The molecule has 0 spiro atoms. The fourth-order valence-corrected chi connectivity index (χ4v) is 2.47. The Kier molecular flexibility index (Phi) is 4.50. The summed E-state index contributed by atoms with van der Waals surface area (Å²) in [5, 5.41) is 0. The van der Waals surface area contributed by atoms with Crippen LogP contribution < -0.4 is 0 Å². The lowest BCUT2D eigenvalue weighted by molar-refractivity contribution is -0.131. The van der Waals surface area contributed by atoms with Crippen LogP contribution in [0.25, 0.3) is 0 Å². The first-order valence-corrected chi connectivity index (χ1v) is 7.32. The molecule has 1 unspecified atom stereocenters. The molecule has 0 N–H and O–H groups in total. The summed E-state index contributed by atoms with van der Waals surface area (Å²) in [6, 6.07) is 0. The van der Waals surface area contributed by atoms with E-state index in [0.717, 1.165) is 9.80 Å². The molecule has 1 atom stereocenters. The molecule has 2 heterocycles. The minimum atomic E-state index is -3.21. The topological polar surface area (TPSA) is 76.2 Å². The smallest absolute Gasteiger partial charge is 0.416 e. The van der Waals surface area contributed by atoms with E-state index in [1.54, 1.807) is 20.8 Å². The predicted molar refractivity (Wildman–Crippen MR) is 73.9 cm³/mol. The Bertz CT molecular complexity index is 518. The van der Waals surface area contributed by atoms with Crippen molar-refractivity contribution in [1.82, 2.24) is 9.80 Å². The van der Waals surface area contributed by atoms with Crippen molar-refractivity contribution in [3.05, 3.63) is 0 Å². The Labute approximate surface area is 132 Å². The SMILES string of the molecule is CC(C)(C)OC(=O)N1CC(CC(=O)N2CCOC2=O)C(F)(F)C1. The van der Waals surface area contributed by atoms with Crippen LogP contribution in [0.2, 0.25) is 0 Å². The summed E-state index contributed by atoms with van der Waals surface area (Å²) in [5.41, 5.74) is -0.792. The fraction of sp³-hybridized carbons (Fsp3) is 0.786. The highest BCUT2D eigenvalue weighted by Crippen LogP contribution is 2.36. The van der Waals surface area contributed by atoms with Crippen LogP contribution in [0.3, 0.4) is 0 Å². The molecule has 2 rings (SSSR count). The zero-order valence-corrected chi connectivity index (χ0v) is 13.3.